The third-order valence-electron chi connectivity index (χ3n) is 4.22. The maximum absolute atomic E-state index is 13.1. The Morgan fingerprint density at radius 3 is 2.23 bits per heavy atom. The molecule has 0 bridgehead atoms. The van der Waals surface area contributed by atoms with E-state index in [4.69, 9.17) is 9.52 Å². The van der Waals surface area contributed by atoms with Crippen molar-refractivity contribution in [3.63, 3.8) is 0 Å². The highest BCUT2D eigenvalue weighted by atomic mass is 32.2. The molecule has 0 unspecified atom stereocenters. The number of aliphatic carboxylic acids is 1. The predicted molar refractivity (Wildman–Crippen MR) is 79.0 cm³/mol. The van der Waals surface area contributed by atoms with Gasteiger partial charge in [0.15, 0.2) is 0 Å². The molecule has 1 aromatic rings. The van der Waals surface area contributed by atoms with Crippen LogP contribution in [0, 0.1) is 25.7 Å². The first kappa shape index (κ1) is 20.2. The maximum atomic E-state index is 13.1. The average Bonchev–Trinajstić information content (AvgIpc) is 3.08. The van der Waals surface area contributed by atoms with Crippen LogP contribution < -0.4 is 0 Å². The zero-order valence-electron chi connectivity index (χ0n) is 14.0. The second-order valence-corrected chi connectivity index (χ2v) is 7.70. The number of halogens is 3. The van der Waals surface area contributed by atoms with Crippen molar-refractivity contribution < 1.29 is 45.4 Å². The molecule has 146 valence electrons. The lowest BCUT2D eigenvalue weighted by molar-refractivity contribution is -0.187. The number of esters is 1. The van der Waals surface area contributed by atoms with Gasteiger partial charge in [0.1, 0.15) is 22.0 Å². The lowest BCUT2D eigenvalue weighted by Gasteiger charge is -2.18. The molecule has 2 rings (SSSR count). The Kier molecular flexibility index (Phi) is 5.12. The smallest absolute Gasteiger partial charge is 0.393 e. The Bertz CT molecular complexity index is 843. The number of ether oxygens (including phenoxy) is 1. The van der Waals surface area contributed by atoms with Gasteiger partial charge in [-0.1, -0.05) is 0 Å². The van der Waals surface area contributed by atoms with Crippen LogP contribution in [0.5, 0.6) is 0 Å². The van der Waals surface area contributed by atoms with Crippen LogP contribution in [0.1, 0.15) is 21.9 Å². The third kappa shape index (κ3) is 3.30. The summed E-state index contributed by atoms with van der Waals surface area (Å²) in [5.74, 6) is -7.36. The first-order chi connectivity index (χ1) is 11.8. The van der Waals surface area contributed by atoms with Crippen LogP contribution in [0.15, 0.2) is 9.31 Å². The molecule has 1 saturated heterocycles. The quantitative estimate of drug-likeness (QED) is 0.765. The fraction of sp³-hybridized carbons (Fsp3) is 0.571. The van der Waals surface area contributed by atoms with Crippen molar-refractivity contribution in [1.29, 1.82) is 0 Å². The summed E-state index contributed by atoms with van der Waals surface area (Å²) >= 11 is 0. The lowest BCUT2D eigenvalue weighted by atomic mass is 9.96. The first-order valence-electron chi connectivity index (χ1n) is 7.30. The number of alkyl halides is 3. The van der Waals surface area contributed by atoms with Crippen molar-refractivity contribution in [1.82, 2.24) is 4.31 Å². The fourth-order valence-corrected chi connectivity index (χ4v) is 4.85. The van der Waals surface area contributed by atoms with Crippen LogP contribution in [-0.4, -0.2) is 56.1 Å². The molecule has 0 spiro atoms. The van der Waals surface area contributed by atoms with Crippen LogP contribution >= 0.6 is 0 Å². The molecule has 1 aliphatic rings. The monoisotopic (exact) mass is 399 g/mol. The number of furan rings is 1. The standard InChI is InChI=1S/C14H16F3NO7S/c1-6-10(13(21)24-3)11(7(2)25-6)26(22,23)18-4-8(12(19)20)9(5-18)14(15,16)17/h8-9H,4-5H2,1-3H3,(H,19,20)/t8-,9-/m1/s1. The van der Waals surface area contributed by atoms with Crippen molar-refractivity contribution in [3.8, 4) is 0 Å². The number of methoxy groups -OCH3 is 1. The highest BCUT2D eigenvalue weighted by Crippen LogP contribution is 2.41. The van der Waals surface area contributed by atoms with Gasteiger partial charge in [-0.15, -0.1) is 0 Å². The maximum Gasteiger partial charge on any atom is 0.393 e. The largest absolute Gasteiger partial charge is 0.481 e. The molecule has 0 radical (unpaired) electrons. The number of rotatable bonds is 4. The van der Waals surface area contributed by atoms with Crippen LogP contribution in [0.25, 0.3) is 0 Å². The Morgan fingerprint density at radius 2 is 1.81 bits per heavy atom. The summed E-state index contributed by atoms with van der Waals surface area (Å²) in [4.78, 5) is 22.4. The zero-order valence-corrected chi connectivity index (χ0v) is 14.8. The highest BCUT2D eigenvalue weighted by molar-refractivity contribution is 7.89. The molecule has 2 atom stereocenters. The van der Waals surface area contributed by atoms with Crippen LogP contribution in [0.2, 0.25) is 0 Å². The van der Waals surface area contributed by atoms with Crippen LogP contribution in [-0.2, 0) is 19.6 Å². The van der Waals surface area contributed by atoms with E-state index >= 15 is 0 Å². The number of aryl methyl sites for hydroxylation is 2. The molecule has 1 aromatic heterocycles. The van der Waals surface area contributed by atoms with E-state index in [1.54, 1.807) is 0 Å². The van der Waals surface area contributed by atoms with Gasteiger partial charge in [0.2, 0.25) is 10.0 Å². The van der Waals surface area contributed by atoms with Gasteiger partial charge in [-0.25, -0.2) is 13.2 Å². The number of carboxylic acids is 1. The molecule has 0 aliphatic carbocycles. The summed E-state index contributed by atoms with van der Waals surface area (Å²) in [5, 5.41) is 9.03. The number of nitrogens with zero attached hydrogens (tertiary/aromatic N) is 1. The minimum atomic E-state index is -4.89. The summed E-state index contributed by atoms with van der Waals surface area (Å²) < 4.78 is 75.1. The number of sulfonamides is 1. The minimum absolute atomic E-state index is 0.0747. The van der Waals surface area contributed by atoms with Gasteiger partial charge in [-0.05, 0) is 13.8 Å². The van der Waals surface area contributed by atoms with Crippen LogP contribution in [0.3, 0.4) is 0 Å². The topological polar surface area (TPSA) is 114 Å². The molecule has 26 heavy (non-hydrogen) atoms. The van der Waals surface area contributed by atoms with Crippen molar-refractivity contribution in [2.24, 2.45) is 11.8 Å². The SMILES string of the molecule is COC(=O)c1c(C)oc(C)c1S(=O)(=O)N1C[C@@H](C(F)(F)F)[C@H](C(=O)O)C1. The molecule has 8 nitrogen and oxygen atoms in total. The van der Waals surface area contributed by atoms with Crippen molar-refractivity contribution in [3.05, 3.63) is 17.1 Å². The Balaban J connectivity index is 2.53. The van der Waals surface area contributed by atoms with E-state index in [1.807, 2.05) is 0 Å². The van der Waals surface area contributed by atoms with E-state index in [0.717, 1.165) is 7.11 Å². The van der Waals surface area contributed by atoms with E-state index in [-0.39, 0.29) is 11.5 Å². The van der Waals surface area contributed by atoms with E-state index in [0.29, 0.717) is 4.31 Å². The number of carbonyl (C=O) groups is 2. The van der Waals surface area contributed by atoms with Gasteiger partial charge in [0.25, 0.3) is 0 Å². The highest BCUT2D eigenvalue weighted by Gasteiger charge is 2.55. The molecular weight excluding hydrogens is 383 g/mol. The molecule has 1 fully saturated rings. The van der Waals surface area contributed by atoms with Crippen LogP contribution in [0.4, 0.5) is 13.2 Å². The van der Waals surface area contributed by atoms with Crippen molar-refractivity contribution in [2.45, 2.75) is 24.9 Å². The van der Waals surface area contributed by atoms with Crippen molar-refractivity contribution in [2.75, 3.05) is 20.2 Å². The van der Waals surface area contributed by atoms with Gasteiger partial charge in [0, 0.05) is 13.1 Å². The zero-order chi connectivity index (χ0) is 20.0. The summed E-state index contributed by atoms with van der Waals surface area (Å²) in [5.41, 5.74) is -0.424. The predicted octanol–water partition coefficient (Wildman–Crippen LogP) is 1.57. The van der Waals surface area contributed by atoms with Gasteiger partial charge >= 0.3 is 18.1 Å². The third-order valence-corrected chi connectivity index (χ3v) is 6.20. The molecule has 1 N–H and O–H groups in total. The molecule has 0 saturated carbocycles. The Hall–Kier alpha value is -2.08. The van der Waals surface area contributed by atoms with E-state index < -0.39 is 63.5 Å². The van der Waals surface area contributed by atoms with Gasteiger partial charge < -0.3 is 14.3 Å². The van der Waals surface area contributed by atoms with E-state index in [1.165, 1.54) is 13.8 Å². The molecule has 0 aromatic carbocycles. The minimum Gasteiger partial charge on any atom is -0.481 e. The Labute approximate surface area is 146 Å². The second-order valence-electron chi connectivity index (χ2n) is 5.82. The molecule has 0 amide bonds. The number of carbonyl (C=O) groups excluding carboxylic acids is 1. The second kappa shape index (κ2) is 6.58. The van der Waals surface area contributed by atoms with Gasteiger partial charge in [0.05, 0.1) is 18.9 Å². The van der Waals surface area contributed by atoms with E-state index in [9.17, 15) is 31.2 Å². The first-order valence-corrected chi connectivity index (χ1v) is 8.74. The molecule has 2 heterocycles. The van der Waals surface area contributed by atoms with E-state index in [2.05, 4.69) is 4.74 Å². The molecule has 1 aliphatic heterocycles. The normalized spacial score (nSPS) is 21.8. The number of carboxylic acid groups (broad SMARTS) is 1. The molecule has 12 heteroatoms. The van der Waals surface area contributed by atoms with Gasteiger partial charge in [-0.3, -0.25) is 4.79 Å². The average molecular weight is 399 g/mol. The summed E-state index contributed by atoms with van der Waals surface area (Å²) in [6.45, 7) is 0.609. The lowest BCUT2D eigenvalue weighted by Crippen LogP contribution is -2.34. The summed E-state index contributed by atoms with van der Waals surface area (Å²) in [6.07, 6.45) is -4.89. The number of hydrogen-bond acceptors (Lipinski definition) is 6. The molecular formula is C14H16F3NO7S. The summed E-state index contributed by atoms with van der Waals surface area (Å²) in [6, 6.07) is 0. The van der Waals surface area contributed by atoms with Gasteiger partial charge in [-0.2, -0.15) is 17.5 Å². The number of hydrogen-bond donors (Lipinski definition) is 1. The van der Waals surface area contributed by atoms with Crippen molar-refractivity contribution >= 4 is 22.0 Å². The fourth-order valence-electron chi connectivity index (χ4n) is 2.99. The Morgan fingerprint density at radius 1 is 1.23 bits per heavy atom. The summed E-state index contributed by atoms with van der Waals surface area (Å²) in [7, 11) is -3.61.